The summed E-state index contributed by atoms with van der Waals surface area (Å²) in [7, 11) is 0. The van der Waals surface area contributed by atoms with E-state index in [-0.39, 0.29) is 58.4 Å². The molecule has 1 N–H and O–H groups in total. The predicted octanol–water partition coefficient (Wildman–Crippen LogP) is 2.78. The molecule has 2 aromatic heterocycles. The molecule has 3 rings (SSSR count). The second-order valence-electron chi connectivity index (χ2n) is 6.61. The Kier molecular flexibility index (Phi) is 8.08. The van der Waals surface area contributed by atoms with Crippen LogP contribution in [0.3, 0.4) is 0 Å². The summed E-state index contributed by atoms with van der Waals surface area (Å²) in [6.45, 7) is 3.45. The highest BCUT2D eigenvalue weighted by Gasteiger charge is 2.26. The van der Waals surface area contributed by atoms with Crippen molar-refractivity contribution < 1.29 is 28.6 Å². The van der Waals surface area contributed by atoms with Crippen LogP contribution in [0.1, 0.15) is 49.4 Å². The van der Waals surface area contributed by atoms with Crippen LogP contribution in [-0.2, 0) is 11.3 Å². The fourth-order valence-electron chi connectivity index (χ4n) is 2.92. The quantitative estimate of drug-likeness (QED) is 0.164. The number of esters is 1. The number of aromatic amines is 1. The van der Waals surface area contributed by atoms with Gasteiger partial charge < -0.3 is 4.74 Å². The molecule has 0 unspecified atom stereocenters. The summed E-state index contributed by atoms with van der Waals surface area (Å²) < 4.78 is 6.56. The van der Waals surface area contributed by atoms with Crippen LogP contribution in [0.15, 0.2) is 48.8 Å². The number of nitrogens with zero attached hydrogens (tertiary/aromatic N) is 3. The molecule has 0 aliphatic heterocycles. The molecule has 1 aromatic carbocycles. The van der Waals surface area contributed by atoms with Gasteiger partial charge in [-0.15, -0.1) is 17.0 Å². The molecule has 0 spiro atoms. The van der Waals surface area contributed by atoms with Gasteiger partial charge in [-0.3, -0.25) is 24.8 Å². The molecule has 166 valence electrons. The Morgan fingerprint density at radius 3 is 2.28 bits per heavy atom. The third-order valence-corrected chi connectivity index (χ3v) is 4.52. The predicted molar refractivity (Wildman–Crippen MR) is 117 cm³/mol. The molecular formula is C21H20BrN4O6+. The van der Waals surface area contributed by atoms with Gasteiger partial charge in [-0.1, -0.05) is 0 Å². The minimum absolute atomic E-state index is 0. The van der Waals surface area contributed by atoms with E-state index in [0.717, 1.165) is 0 Å². The number of carbonyl (C=O) groups is 3. The molecular weight excluding hydrogens is 484 g/mol. The number of aryl methyl sites for hydroxylation is 1. The highest BCUT2D eigenvalue weighted by molar-refractivity contribution is 8.93. The first kappa shape index (κ1) is 24.5. The number of hydrogen-bond donors (Lipinski definition) is 1. The molecule has 10 nitrogen and oxygen atoms in total. The van der Waals surface area contributed by atoms with Gasteiger partial charge in [0.1, 0.15) is 11.3 Å². The number of aromatic nitrogens is 3. The van der Waals surface area contributed by atoms with E-state index in [1.54, 1.807) is 30.8 Å². The molecule has 0 aliphatic rings. The summed E-state index contributed by atoms with van der Waals surface area (Å²) in [6.07, 6.45) is 3.11. The Hall–Kier alpha value is -3.73. The lowest BCUT2D eigenvalue weighted by atomic mass is 10.0. The Morgan fingerprint density at radius 1 is 1.09 bits per heavy atom. The summed E-state index contributed by atoms with van der Waals surface area (Å²) in [5.41, 5.74) is 1.03. The van der Waals surface area contributed by atoms with E-state index in [2.05, 4.69) is 10.2 Å². The van der Waals surface area contributed by atoms with Gasteiger partial charge in [0.2, 0.25) is 18.1 Å². The number of Topliss-reactive ketones (excluding diaryl/α,β-unsaturated/α-hetero) is 1. The topological polar surface area (TPSA) is 136 Å². The van der Waals surface area contributed by atoms with E-state index in [4.69, 9.17) is 4.74 Å². The Labute approximate surface area is 193 Å². The van der Waals surface area contributed by atoms with E-state index in [1.165, 1.54) is 36.4 Å². The lowest BCUT2D eigenvalue weighted by Crippen LogP contribution is -2.37. The second kappa shape index (κ2) is 10.5. The Bertz CT molecular complexity index is 1160. The average molecular weight is 504 g/mol. The zero-order valence-electron chi connectivity index (χ0n) is 17.2. The standard InChI is InChI=1S/C21H18N4O6.BrH/c1-3-31-21(28)18-13(2)22-23-19(18)20(27)15-8-10-24(11-9-15)12-17(26)14-4-6-16(7-5-14)25(29)30;/h4-11H,3,12H2,1-2H3;1H/p+1. The number of rotatable bonds is 8. The van der Waals surface area contributed by atoms with Crippen molar-refractivity contribution in [2.45, 2.75) is 20.4 Å². The number of benzene rings is 1. The van der Waals surface area contributed by atoms with Crippen LogP contribution < -0.4 is 4.57 Å². The van der Waals surface area contributed by atoms with Gasteiger partial charge >= 0.3 is 5.97 Å². The summed E-state index contributed by atoms with van der Waals surface area (Å²) >= 11 is 0. The van der Waals surface area contributed by atoms with Crippen molar-refractivity contribution in [3.8, 4) is 0 Å². The van der Waals surface area contributed by atoms with Gasteiger partial charge in [0, 0.05) is 41.1 Å². The van der Waals surface area contributed by atoms with Gasteiger partial charge in [0.15, 0.2) is 12.4 Å². The fraction of sp³-hybridized carbons (Fsp3) is 0.190. The first-order chi connectivity index (χ1) is 14.8. The van der Waals surface area contributed by atoms with E-state index in [9.17, 15) is 24.5 Å². The number of hydrogen-bond acceptors (Lipinski definition) is 7. The van der Waals surface area contributed by atoms with Crippen molar-refractivity contribution >= 4 is 40.2 Å². The molecule has 0 radical (unpaired) electrons. The van der Waals surface area contributed by atoms with Gasteiger partial charge in [-0.25, -0.2) is 4.79 Å². The Balaban J connectivity index is 0.00000363. The highest BCUT2D eigenvalue weighted by Crippen LogP contribution is 2.16. The van der Waals surface area contributed by atoms with Gasteiger partial charge in [-0.2, -0.15) is 9.67 Å². The number of pyridine rings is 1. The Morgan fingerprint density at radius 2 is 1.72 bits per heavy atom. The summed E-state index contributed by atoms with van der Waals surface area (Å²) in [4.78, 5) is 47.5. The molecule has 11 heteroatoms. The maximum atomic E-state index is 12.8. The second-order valence-corrected chi connectivity index (χ2v) is 6.61. The zero-order valence-corrected chi connectivity index (χ0v) is 18.9. The molecule has 2 heterocycles. The highest BCUT2D eigenvalue weighted by atomic mass is 79.9. The van der Waals surface area contributed by atoms with Crippen molar-refractivity contribution in [2.24, 2.45) is 0 Å². The van der Waals surface area contributed by atoms with Crippen LogP contribution in [0, 0.1) is 17.0 Å². The number of carbonyl (C=O) groups excluding carboxylic acids is 3. The normalized spacial score (nSPS) is 10.2. The first-order valence-electron chi connectivity index (χ1n) is 9.35. The van der Waals surface area contributed by atoms with E-state index >= 15 is 0 Å². The SMILES string of the molecule is Br.CCOC(=O)c1c(C(=O)c2cc[n+](CC(=O)c3ccc([N+](=O)[O-])cc3)cc2)n[nH]c1C. The number of nitrogens with one attached hydrogen (secondary N) is 1. The zero-order chi connectivity index (χ0) is 22.5. The third-order valence-electron chi connectivity index (χ3n) is 4.52. The van der Waals surface area contributed by atoms with E-state index in [0.29, 0.717) is 11.3 Å². The number of ether oxygens (including phenoxy) is 1. The van der Waals surface area contributed by atoms with E-state index < -0.39 is 16.7 Å². The van der Waals surface area contributed by atoms with Crippen LogP contribution >= 0.6 is 17.0 Å². The molecule has 0 bridgehead atoms. The first-order valence-corrected chi connectivity index (χ1v) is 9.35. The lowest BCUT2D eigenvalue weighted by molar-refractivity contribution is -0.683. The summed E-state index contributed by atoms with van der Waals surface area (Å²) in [6, 6.07) is 8.37. The van der Waals surface area contributed by atoms with Gasteiger partial charge in [0.05, 0.1) is 11.5 Å². The molecule has 0 atom stereocenters. The molecule has 0 amide bonds. The lowest BCUT2D eigenvalue weighted by Gasteiger charge is -2.03. The number of ketones is 2. The van der Waals surface area contributed by atoms with Crippen LogP contribution in [-0.4, -0.2) is 39.3 Å². The smallest absolute Gasteiger partial charge is 0.342 e. The monoisotopic (exact) mass is 503 g/mol. The molecule has 3 aromatic rings. The van der Waals surface area contributed by atoms with E-state index in [1.807, 2.05) is 0 Å². The molecule has 0 aliphatic carbocycles. The summed E-state index contributed by atoms with van der Waals surface area (Å²) in [5, 5.41) is 17.3. The molecule has 0 saturated carbocycles. The van der Waals surface area contributed by atoms with Crippen molar-refractivity contribution in [3.05, 3.63) is 87.0 Å². The largest absolute Gasteiger partial charge is 0.462 e. The van der Waals surface area contributed by atoms with Gasteiger partial charge in [0.25, 0.3) is 5.69 Å². The maximum absolute atomic E-state index is 12.8. The van der Waals surface area contributed by atoms with Crippen LogP contribution in [0.25, 0.3) is 0 Å². The van der Waals surface area contributed by atoms with Crippen molar-refractivity contribution in [3.63, 3.8) is 0 Å². The fourth-order valence-corrected chi connectivity index (χ4v) is 2.92. The van der Waals surface area contributed by atoms with Crippen LogP contribution in [0.5, 0.6) is 0 Å². The third kappa shape index (κ3) is 5.30. The number of H-pyrrole nitrogens is 1. The minimum Gasteiger partial charge on any atom is -0.462 e. The van der Waals surface area contributed by atoms with Crippen LogP contribution in [0.2, 0.25) is 0 Å². The number of nitro groups is 1. The molecule has 0 saturated heterocycles. The number of non-ortho nitro benzene ring substituents is 1. The van der Waals surface area contributed by atoms with Crippen molar-refractivity contribution in [1.29, 1.82) is 0 Å². The summed E-state index contributed by atoms with van der Waals surface area (Å²) in [5.74, 6) is -1.33. The number of halogens is 1. The molecule has 32 heavy (non-hydrogen) atoms. The number of nitro benzene ring substituents is 1. The van der Waals surface area contributed by atoms with Gasteiger partial charge in [-0.05, 0) is 26.0 Å². The van der Waals surface area contributed by atoms with Crippen molar-refractivity contribution in [2.75, 3.05) is 6.61 Å². The maximum Gasteiger partial charge on any atom is 0.342 e. The van der Waals surface area contributed by atoms with Crippen LogP contribution in [0.4, 0.5) is 5.69 Å². The minimum atomic E-state index is -0.628. The molecule has 0 fully saturated rings. The average Bonchev–Trinajstić information content (AvgIpc) is 3.15. The van der Waals surface area contributed by atoms with Crippen molar-refractivity contribution in [1.82, 2.24) is 10.2 Å².